The molecule has 0 aromatic heterocycles. The third-order valence-corrected chi connectivity index (χ3v) is 3.30. The van der Waals surface area contributed by atoms with Gasteiger partial charge in [0.1, 0.15) is 0 Å². The molecule has 0 bridgehead atoms. The molecule has 0 saturated heterocycles. The van der Waals surface area contributed by atoms with E-state index in [1.807, 2.05) is 0 Å². The predicted octanol–water partition coefficient (Wildman–Crippen LogP) is 5.88. The molecule has 0 aromatic rings. The van der Waals surface area contributed by atoms with Gasteiger partial charge in [-0.1, -0.05) is 63.3 Å². The Labute approximate surface area is 125 Å². The lowest BCUT2D eigenvalue weighted by atomic mass is 10.1. The Morgan fingerprint density at radius 3 is 1.85 bits per heavy atom. The zero-order valence-corrected chi connectivity index (χ0v) is 13.2. The third kappa shape index (κ3) is 16.9. The first-order valence-corrected chi connectivity index (χ1v) is 8.29. The van der Waals surface area contributed by atoms with Gasteiger partial charge in [-0.2, -0.15) is 0 Å². The predicted molar refractivity (Wildman–Crippen MR) is 87.0 cm³/mol. The van der Waals surface area contributed by atoms with Gasteiger partial charge in [-0.15, -0.1) is 0 Å². The van der Waals surface area contributed by atoms with Gasteiger partial charge in [-0.25, -0.2) is 0 Å². The molecule has 1 N–H and O–H groups in total. The molecule has 0 amide bonds. The molecule has 0 heterocycles. The molecule has 2 nitrogen and oxygen atoms in total. The van der Waals surface area contributed by atoms with Crippen molar-refractivity contribution >= 4 is 5.97 Å². The van der Waals surface area contributed by atoms with Crippen LogP contribution in [0.25, 0.3) is 0 Å². The summed E-state index contributed by atoms with van der Waals surface area (Å²) in [5.74, 6) is -0.667. The Hall–Kier alpha value is -1.05. The summed E-state index contributed by atoms with van der Waals surface area (Å²) in [4.78, 5) is 10.3. The maximum atomic E-state index is 10.3. The van der Waals surface area contributed by atoms with E-state index in [-0.39, 0.29) is 0 Å². The lowest BCUT2D eigenvalue weighted by Gasteiger charge is -1.99. The van der Waals surface area contributed by atoms with Gasteiger partial charge in [0.15, 0.2) is 0 Å². The summed E-state index contributed by atoms with van der Waals surface area (Å²) in [6, 6.07) is 0. The molecular formula is C18H32O2. The van der Waals surface area contributed by atoms with Crippen LogP contribution in [0.4, 0.5) is 0 Å². The fourth-order valence-electron chi connectivity index (χ4n) is 2.08. The van der Waals surface area contributed by atoms with Crippen LogP contribution in [0.2, 0.25) is 0 Å². The summed E-state index contributed by atoms with van der Waals surface area (Å²) in [7, 11) is 0. The summed E-state index contributed by atoms with van der Waals surface area (Å²) in [6.45, 7) is 2.20. The molecule has 0 rings (SSSR count). The van der Waals surface area contributed by atoms with Crippen molar-refractivity contribution in [2.24, 2.45) is 0 Å². The topological polar surface area (TPSA) is 37.3 Å². The van der Waals surface area contributed by atoms with E-state index in [4.69, 9.17) is 5.11 Å². The molecule has 0 atom stereocenters. The van der Waals surface area contributed by atoms with Crippen molar-refractivity contribution < 1.29 is 9.90 Å². The van der Waals surface area contributed by atoms with E-state index in [0.717, 1.165) is 19.3 Å². The Bertz CT molecular complexity index is 267. The van der Waals surface area contributed by atoms with Crippen molar-refractivity contribution in [2.75, 3.05) is 0 Å². The standard InChI is InChI=1S/C18H32O2/c1-2-3-4-5-6-7-8-9-10-11-12-13-14-15-16-17-18(19)20/h4-5,8-9H,2-3,6-7,10-17H2,1H3,(H,19,20)/b5-4-,9-8-. The highest BCUT2D eigenvalue weighted by Crippen LogP contribution is 2.09. The number of carboxylic acid groups (broad SMARTS) is 1. The van der Waals surface area contributed by atoms with E-state index < -0.39 is 5.97 Å². The Morgan fingerprint density at radius 2 is 1.25 bits per heavy atom. The summed E-state index contributed by atoms with van der Waals surface area (Å²) in [5, 5.41) is 8.51. The fraction of sp³-hybridized carbons (Fsp3) is 0.722. The summed E-state index contributed by atoms with van der Waals surface area (Å²) in [5.41, 5.74) is 0. The average Bonchev–Trinajstić information content (AvgIpc) is 2.43. The van der Waals surface area contributed by atoms with Gasteiger partial charge in [0, 0.05) is 6.42 Å². The maximum absolute atomic E-state index is 10.3. The van der Waals surface area contributed by atoms with Crippen LogP contribution in [0.3, 0.4) is 0 Å². The van der Waals surface area contributed by atoms with Crippen LogP contribution < -0.4 is 0 Å². The van der Waals surface area contributed by atoms with Crippen LogP contribution in [-0.2, 0) is 4.79 Å². The lowest BCUT2D eigenvalue weighted by Crippen LogP contribution is -1.93. The minimum Gasteiger partial charge on any atom is -0.481 e. The number of allylic oxidation sites excluding steroid dienone is 4. The van der Waals surface area contributed by atoms with E-state index in [9.17, 15) is 4.79 Å². The molecule has 0 radical (unpaired) electrons. The van der Waals surface area contributed by atoms with E-state index in [0.29, 0.717) is 6.42 Å². The number of unbranched alkanes of at least 4 members (excludes halogenated alkanes) is 8. The van der Waals surface area contributed by atoms with E-state index >= 15 is 0 Å². The van der Waals surface area contributed by atoms with Crippen molar-refractivity contribution in [3.8, 4) is 0 Å². The SMILES string of the molecule is CCC/C=C\CC/C=C\CCCCCCCCC(=O)O. The van der Waals surface area contributed by atoms with Crippen LogP contribution in [0.1, 0.15) is 84.0 Å². The molecule has 0 aromatic carbocycles. The zero-order valence-electron chi connectivity index (χ0n) is 13.2. The minimum atomic E-state index is -0.667. The summed E-state index contributed by atoms with van der Waals surface area (Å²) < 4.78 is 0. The smallest absolute Gasteiger partial charge is 0.303 e. The van der Waals surface area contributed by atoms with Crippen LogP contribution in [0.5, 0.6) is 0 Å². The minimum absolute atomic E-state index is 0.329. The summed E-state index contributed by atoms with van der Waals surface area (Å²) >= 11 is 0. The van der Waals surface area contributed by atoms with Gasteiger partial charge in [0.25, 0.3) is 0 Å². The second-order valence-corrected chi connectivity index (χ2v) is 5.36. The molecule has 0 fully saturated rings. The lowest BCUT2D eigenvalue weighted by molar-refractivity contribution is -0.137. The van der Waals surface area contributed by atoms with Crippen molar-refractivity contribution in [1.29, 1.82) is 0 Å². The molecule has 2 heteroatoms. The van der Waals surface area contributed by atoms with Gasteiger partial charge in [-0.3, -0.25) is 4.79 Å². The Balaban J connectivity index is 3.13. The average molecular weight is 280 g/mol. The van der Waals surface area contributed by atoms with Crippen molar-refractivity contribution in [3.05, 3.63) is 24.3 Å². The van der Waals surface area contributed by atoms with E-state index in [1.165, 1.54) is 51.4 Å². The number of hydrogen-bond donors (Lipinski definition) is 1. The molecule has 0 unspecified atom stereocenters. The van der Waals surface area contributed by atoms with E-state index in [1.54, 1.807) is 0 Å². The number of hydrogen-bond acceptors (Lipinski definition) is 1. The number of rotatable bonds is 14. The Kier molecular flexibility index (Phi) is 15.2. The van der Waals surface area contributed by atoms with Crippen LogP contribution in [0.15, 0.2) is 24.3 Å². The highest BCUT2D eigenvalue weighted by atomic mass is 16.4. The van der Waals surface area contributed by atoms with Crippen LogP contribution in [-0.4, -0.2) is 11.1 Å². The molecular weight excluding hydrogens is 248 g/mol. The molecule has 0 aliphatic carbocycles. The van der Waals surface area contributed by atoms with Crippen molar-refractivity contribution in [1.82, 2.24) is 0 Å². The molecule has 20 heavy (non-hydrogen) atoms. The first-order valence-electron chi connectivity index (χ1n) is 8.29. The van der Waals surface area contributed by atoms with Gasteiger partial charge in [0.05, 0.1) is 0 Å². The van der Waals surface area contributed by atoms with Gasteiger partial charge >= 0.3 is 5.97 Å². The van der Waals surface area contributed by atoms with Crippen molar-refractivity contribution in [3.63, 3.8) is 0 Å². The normalized spacial score (nSPS) is 11.7. The van der Waals surface area contributed by atoms with E-state index in [2.05, 4.69) is 31.2 Å². The van der Waals surface area contributed by atoms with Crippen LogP contribution in [0, 0.1) is 0 Å². The highest BCUT2D eigenvalue weighted by Gasteiger charge is 1.96. The second kappa shape index (κ2) is 16.0. The zero-order chi connectivity index (χ0) is 14.9. The van der Waals surface area contributed by atoms with Gasteiger partial charge < -0.3 is 5.11 Å². The largest absolute Gasteiger partial charge is 0.481 e. The molecule has 116 valence electrons. The number of carbonyl (C=O) groups is 1. The van der Waals surface area contributed by atoms with Gasteiger partial charge in [0.2, 0.25) is 0 Å². The maximum Gasteiger partial charge on any atom is 0.303 e. The first kappa shape index (κ1) is 18.9. The molecule has 0 saturated carbocycles. The first-order chi connectivity index (χ1) is 9.77. The molecule has 0 spiro atoms. The quantitative estimate of drug-likeness (QED) is 0.318. The van der Waals surface area contributed by atoms with Crippen molar-refractivity contribution in [2.45, 2.75) is 84.0 Å². The third-order valence-electron chi connectivity index (χ3n) is 3.30. The molecule has 0 aliphatic heterocycles. The Morgan fingerprint density at radius 1 is 0.750 bits per heavy atom. The number of carboxylic acids is 1. The molecule has 0 aliphatic rings. The summed E-state index contributed by atoms with van der Waals surface area (Å²) in [6.07, 6.45) is 22.3. The monoisotopic (exact) mass is 280 g/mol. The van der Waals surface area contributed by atoms with Crippen LogP contribution >= 0.6 is 0 Å². The fourth-order valence-corrected chi connectivity index (χ4v) is 2.08. The van der Waals surface area contributed by atoms with Gasteiger partial charge in [-0.05, 0) is 38.5 Å². The number of aliphatic carboxylic acids is 1. The second-order valence-electron chi connectivity index (χ2n) is 5.36. The highest BCUT2D eigenvalue weighted by molar-refractivity contribution is 5.66.